The molecule has 21 heavy (non-hydrogen) atoms. The van der Waals surface area contributed by atoms with Crippen LogP contribution in [-0.4, -0.2) is 33.8 Å². The van der Waals surface area contributed by atoms with Crippen LogP contribution in [0, 0.1) is 0 Å². The zero-order valence-electron chi connectivity index (χ0n) is 11.7. The summed E-state index contributed by atoms with van der Waals surface area (Å²) in [5.41, 5.74) is 6.87. The van der Waals surface area contributed by atoms with Crippen LogP contribution in [0.15, 0.2) is 18.2 Å². The van der Waals surface area contributed by atoms with Crippen molar-refractivity contribution < 1.29 is 0 Å². The summed E-state index contributed by atoms with van der Waals surface area (Å²) in [6.45, 7) is 3.02. The summed E-state index contributed by atoms with van der Waals surface area (Å²) in [6, 6.07) is 5.64. The number of H-pyrrole nitrogens is 1. The highest BCUT2D eigenvalue weighted by Gasteiger charge is 2.28. The molecule has 3 rings (SSSR count). The first-order valence-electron chi connectivity index (χ1n) is 6.96. The number of aromatic amines is 1. The van der Waals surface area contributed by atoms with E-state index >= 15 is 0 Å². The van der Waals surface area contributed by atoms with Gasteiger partial charge in [0.05, 0.1) is 5.02 Å². The number of hydrogen-bond donors (Lipinski definition) is 2. The van der Waals surface area contributed by atoms with Crippen LogP contribution >= 0.6 is 23.2 Å². The van der Waals surface area contributed by atoms with Crippen molar-refractivity contribution in [1.82, 2.24) is 15.2 Å². The molecule has 3 N–H and O–H groups in total. The van der Waals surface area contributed by atoms with Gasteiger partial charge in [-0.15, -0.1) is 5.10 Å². The first-order valence-corrected chi connectivity index (χ1v) is 7.72. The molecular weight excluding hydrogens is 309 g/mol. The van der Waals surface area contributed by atoms with Gasteiger partial charge in [0.1, 0.15) is 0 Å². The highest BCUT2D eigenvalue weighted by atomic mass is 35.5. The van der Waals surface area contributed by atoms with E-state index < -0.39 is 0 Å². The molecular formula is C14H17Cl2N5. The lowest BCUT2D eigenvalue weighted by atomic mass is 9.99. The molecule has 1 aliphatic heterocycles. The van der Waals surface area contributed by atoms with Crippen LogP contribution in [0.2, 0.25) is 10.0 Å². The van der Waals surface area contributed by atoms with E-state index in [-0.39, 0.29) is 12.1 Å². The van der Waals surface area contributed by atoms with Gasteiger partial charge in [0, 0.05) is 29.2 Å². The van der Waals surface area contributed by atoms with Crippen molar-refractivity contribution in [2.45, 2.75) is 31.8 Å². The Hall–Kier alpha value is -1.30. The Kier molecular flexibility index (Phi) is 4.06. The second-order valence-electron chi connectivity index (χ2n) is 5.35. The third-order valence-corrected chi connectivity index (χ3v) is 4.53. The Morgan fingerprint density at radius 3 is 3.00 bits per heavy atom. The summed E-state index contributed by atoms with van der Waals surface area (Å²) in [5, 5.41) is 8.44. The summed E-state index contributed by atoms with van der Waals surface area (Å²) in [6.07, 6.45) is 2.09. The Balaban J connectivity index is 1.91. The standard InChI is InChI=1S/C14H17Cl2N5/c1-8-12(17)3-2-6-21(8)14-18-13(19-20-14)10-7-9(15)4-5-11(10)16/h4-5,7-8,12H,2-3,6,17H2,1H3,(H,18,19,20). The lowest BCUT2D eigenvalue weighted by Crippen LogP contribution is -2.50. The van der Waals surface area contributed by atoms with Crippen LogP contribution in [0.4, 0.5) is 5.95 Å². The molecule has 2 unspecified atom stereocenters. The maximum Gasteiger partial charge on any atom is 0.245 e. The molecule has 1 fully saturated rings. The van der Waals surface area contributed by atoms with E-state index in [1.165, 1.54) is 0 Å². The molecule has 7 heteroatoms. The predicted molar refractivity (Wildman–Crippen MR) is 85.9 cm³/mol. The van der Waals surface area contributed by atoms with Crippen molar-refractivity contribution in [2.75, 3.05) is 11.4 Å². The van der Waals surface area contributed by atoms with Crippen molar-refractivity contribution in [3.05, 3.63) is 28.2 Å². The molecule has 0 radical (unpaired) electrons. The maximum absolute atomic E-state index is 6.20. The number of nitrogens with two attached hydrogens (primary N) is 1. The van der Waals surface area contributed by atoms with E-state index in [9.17, 15) is 0 Å². The minimum Gasteiger partial charge on any atom is -0.335 e. The van der Waals surface area contributed by atoms with Gasteiger partial charge in [0.15, 0.2) is 5.82 Å². The van der Waals surface area contributed by atoms with Crippen molar-refractivity contribution in [3.63, 3.8) is 0 Å². The Morgan fingerprint density at radius 1 is 1.38 bits per heavy atom. The summed E-state index contributed by atoms with van der Waals surface area (Å²) >= 11 is 12.2. The number of halogens is 2. The van der Waals surface area contributed by atoms with Crippen LogP contribution in [0.5, 0.6) is 0 Å². The number of nitrogens with zero attached hydrogens (tertiary/aromatic N) is 3. The number of aromatic nitrogens is 3. The first-order chi connectivity index (χ1) is 10.1. The van der Waals surface area contributed by atoms with E-state index in [0.29, 0.717) is 21.8 Å². The fourth-order valence-corrected chi connectivity index (χ4v) is 3.02. The number of rotatable bonds is 2. The molecule has 0 amide bonds. The molecule has 1 aromatic heterocycles. The zero-order valence-corrected chi connectivity index (χ0v) is 13.2. The van der Waals surface area contributed by atoms with Crippen LogP contribution in [0.1, 0.15) is 19.8 Å². The molecule has 0 bridgehead atoms. The highest BCUT2D eigenvalue weighted by molar-refractivity contribution is 6.35. The van der Waals surface area contributed by atoms with E-state index in [1.54, 1.807) is 18.2 Å². The molecule has 1 aromatic carbocycles. The van der Waals surface area contributed by atoms with Gasteiger partial charge in [-0.25, -0.2) is 0 Å². The normalized spacial score (nSPS) is 22.6. The van der Waals surface area contributed by atoms with Crippen LogP contribution in [0.25, 0.3) is 11.4 Å². The van der Waals surface area contributed by atoms with Gasteiger partial charge in [-0.1, -0.05) is 23.2 Å². The summed E-state index contributed by atoms with van der Waals surface area (Å²) in [5.74, 6) is 1.27. The first kappa shape index (κ1) is 14.6. The van der Waals surface area contributed by atoms with Crippen LogP contribution < -0.4 is 10.6 Å². The third-order valence-electron chi connectivity index (χ3n) is 3.96. The van der Waals surface area contributed by atoms with E-state index in [0.717, 1.165) is 24.9 Å². The summed E-state index contributed by atoms with van der Waals surface area (Å²) in [4.78, 5) is 6.68. The van der Waals surface area contributed by atoms with Crippen molar-refractivity contribution in [3.8, 4) is 11.4 Å². The average molecular weight is 326 g/mol. The molecule has 2 aromatic rings. The quantitative estimate of drug-likeness (QED) is 0.890. The molecule has 0 aliphatic carbocycles. The summed E-state index contributed by atoms with van der Waals surface area (Å²) in [7, 11) is 0. The number of nitrogens with one attached hydrogen (secondary N) is 1. The Bertz CT molecular complexity index is 642. The fraction of sp³-hybridized carbons (Fsp3) is 0.429. The van der Waals surface area contributed by atoms with Gasteiger partial charge in [0.2, 0.25) is 5.95 Å². The van der Waals surface area contributed by atoms with Gasteiger partial charge in [-0.2, -0.15) is 4.98 Å². The van der Waals surface area contributed by atoms with Crippen LogP contribution in [0.3, 0.4) is 0 Å². The van der Waals surface area contributed by atoms with Crippen molar-refractivity contribution in [2.24, 2.45) is 5.73 Å². The van der Waals surface area contributed by atoms with Gasteiger partial charge in [-0.3, -0.25) is 5.10 Å². The molecule has 1 aliphatic rings. The molecule has 2 heterocycles. The topological polar surface area (TPSA) is 70.8 Å². The van der Waals surface area contributed by atoms with Gasteiger partial charge in [0.25, 0.3) is 0 Å². The molecule has 5 nitrogen and oxygen atoms in total. The number of piperidine rings is 1. The van der Waals surface area contributed by atoms with Crippen molar-refractivity contribution >= 4 is 29.2 Å². The van der Waals surface area contributed by atoms with Crippen LogP contribution in [-0.2, 0) is 0 Å². The molecule has 2 atom stereocenters. The maximum atomic E-state index is 6.20. The fourth-order valence-electron chi connectivity index (χ4n) is 2.64. The van der Waals surface area contributed by atoms with E-state index in [4.69, 9.17) is 28.9 Å². The molecule has 112 valence electrons. The van der Waals surface area contributed by atoms with Gasteiger partial charge >= 0.3 is 0 Å². The largest absolute Gasteiger partial charge is 0.335 e. The zero-order chi connectivity index (χ0) is 15.0. The Labute approximate surface area is 133 Å². The minimum atomic E-state index is 0.149. The third kappa shape index (κ3) is 2.86. The average Bonchev–Trinajstić information content (AvgIpc) is 2.94. The minimum absolute atomic E-state index is 0.149. The van der Waals surface area contributed by atoms with Gasteiger partial charge < -0.3 is 10.6 Å². The lowest BCUT2D eigenvalue weighted by molar-refractivity contribution is 0.416. The predicted octanol–water partition coefficient (Wildman–Crippen LogP) is 3.09. The smallest absolute Gasteiger partial charge is 0.245 e. The molecule has 0 spiro atoms. The number of hydrogen-bond acceptors (Lipinski definition) is 4. The number of benzene rings is 1. The highest BCUT2D eigenvalue weighted by Crippen LogP contribution is 2.30. The summed E-state index contributed by atoms with van der Waals surface area (Å²) < 4.78 is 0. The Morgan fingerprint density at radius 2 is 2.19 bits per heavy atom. The second-order valence-corrected chi connectivity index (χ2v) is 6.19. The monoisotopic (exact) mass is 325 g/mol. The molecule has 0 saturated carbocycles. The van der Waals surface area contributed by atoms with E-state index in [1.807, 2.05) is 0 Å². The molecule has 1 saturated heterocycles. The SMILES string of the molecule is CC1C(N)CCCN1c1n[nH]c(-c2cc(Cl)ccc2Cl)n1. The number of anilines is 1. The van der Waals surface area contributed by atoms with Crippen molar-refractivity contribution in [1.29, 1.82) is 0 Å². The second kappa shape index (κ2) is 5.83. The lowest BCUT2D eigenvalue weighted by Gasteiger charge is -2.36. The van der Waals surface area contributed by atoms with E-state index in [2.05, 4.69) is 27.0 Å². The van der Waals surface area contributed by atoms with Gasteiger partial charge in [-0.05, 0) is 38.0 Å².